The molecule has 26 heavy (non-hydrogen) atoms. The van der Waals surface area contributed by atoms with E-state index in [0.717, 1.165) is 10.9 Å². The SMILES string of the molecule is Cn1c(-c2oc(-c3ccc(F)cc3)nc2CC(=O)[O-])cc2ccccc21. The van der Waals surface area contributed by atoms with E-state index >= 15 is 0 Å². The van der Waals surface area contributed by atoms with Gasteiger partial charge >= 0.3 is 0 Å². The van der Waals surface area contributed by atoms with E-state index in [4.69, 9.17) is 4.42 Å². The summed E-state index contributed by atoms with van der Waals surface area (Å²) in [6.07, 6.45) is -0.373. The van der Waals surface area contributed by atoms with Gasteiger partial charge in [-0.05, 0) is 36.4 Å². The zero-order valence-electron chi connectivity index (χ0n) is 13.9. The fourth-order valence-corrected chi connectivity index (χ4v) is 3.03. The number of rotatable bonds is 4. The maximum Gasteiger partial charge on any atom is 0.227 e. The molecule has 0 radical (unpaired) electrons. The number of hydrogen-bond acceptors (Lipinski definition) is 4. The Bertz CT molecular complexity index is 1110. The summed E-state index contributed by atoms with van der Waals surface area (Å²) in [6.45, 7) is 0. The molecular formula is C20H14FN2O3-. The second kappa shape index (κ2) is 6.15. The minimum atomic E-state index is -1.25. The maximum absolute atomic E-state index is 13.2. The molecule has 0 aliphatic rings. The van der Waals surface area contributed by atoms with E-state index in [1.54, 1.807) is 0 Å². The lowest BCUT2D eigenvalue weighted by molar-refractivity contribution is -0.304. The van der Waals surface area contributed by atoms with Crippen molar-refractivity contribution in [1.29, 1.82) is 0 Å². The lowest BCUT2D eigenvalue weighted by Crippen LogP contribution is -2.24. The monoisotopic (exact) mass is 349 g/mol. The van der Waals surface area contributed by atoms with Gasteiger partial charge in [-0.3, -0.25) is 0 Å². The van der Waals surface area contributed by atoms with Gasteiger partial charge < -0.3 is 18.9 Å². The van der Waals surface area contributed by atoms with E-state index in [1.165, 1.54) is 24.3 Å². The summed E-state index contributed by atoms with van der Waals surface area (Å²) in [5.74, 6) is -1.01. The third-order valence-corrected chi connectivity index (χ3v) is 4.28. The quantitative estimate of drug-likeness (QED) is 0.568. The topological polar surface area (TPSA) is 71.1 Å². The molecule has 0 aliphatic carbocycles. The van der Waals surface area contributed by atoms with Gasteiger partial charge in [-0.2, -0.15) is 0 Å². The van der Waals surface area contributed by atoms with E-state index in [0.29, 0.717) is 17.0 Å². The van der Waals surface area contributed by atoms with Crippen molar-refractivity contribution in [3.63, 3.8) is 0 Å². The Kier molecular flexibility index (Phi) is 3.80. The number of carbonyl (C=O) groups is 1. The van der Waals surface area contributed by atoms with Crippen molar-refractivity contribution in [2.45, 2.75) is 6.42 Å². The molecule has 2 aromatic carbocycles. The van der Waals surface area contributed by atoms with E-state index in [9.17, 15) is 14.3 Å². The molecule has 0 saturated carbocycles. The molecule has 0 atom stereocenters. The molecule has 0 aliphatic heterocycles. The molecule has 2 heterocycles. The Labute approximate surface area is 148 Å². The van der Waals surface area contributed by atoms with Crippen LogP contribution >= 0.6 is 0 Å². The highest BCUT2D eigenvalue weighted by molar-refractivity contribution is 5.87. The van der Waals surface area contributed by atoms with Gasteiger partial charge in [-0.25, -0.2) is 9.37 Å². The van der Waals surface area contributed by atoms with Crippen molar-refractivity contribution in [3.8, 4) is 22.9 Å². The summed E-state index contributed by atoms with van der Waals surface area (Å²) < 4.78 is 21.0. The van der Waals surface area contributed by atoms with Gasteiger partial charge in [0.1, 0.15) is 5.82 Å². The lowest BCUT2D eigenvalue weighted by Gasteiger charge is -2.04. The summed E-state index contributed by atoms with van der Waals surface area (Å²) in [5, 5.41) is 12.2. The Morgan fingerprint density at radius 2 is 1.92 bits per heavy atom. The zero-order valence-corrected chi connectivity index (χ0v) is 13.9. The highest BCUT2D eigenvalue weighted by atomic mass is 19.1. The smallest absolute Gasteiger partial charge is 0.227 e. The van der Waals surface area contributed by atoms with Crippen LogP contribution < -0.4 is 5.11 Å². The molecule has 5 nitrogen and oxygen atoms in total. The van der Waals surface area contributed by atoms with Crippen molar-refractivity contribution in [3.05, 3.63) is 66.1 Å². The number of hydrogen-bond donors (Lipinski definition) is 0. The van der Waals surface area contributed by atoms with Crippen LogP contribution in [0.15, 0.2) is 59.0 Å². The third kappa shape index (κ3) is 2.75. The van der Waals surface area contributed by atoms with Crippen LogP contribution in [0.3, 0.4) is 0 Å². The number of fused-ring (bicyclic) bond motifs is 1. The van der Waals surface area contributed by atoms with Gasteiger partial charge in [0.2, 0.25) is 5.89 Å². The minimum Gasteiger partial charge on any atom is -0.550 e. The van der Waals surface area contributed by atoms with Crippen molar-refractivity contribution < 1.29 is 18.7 Å². The molecule has 0 bridgehead atoms. The second-order valence-electron chi connectivity index (χ2n) is 6.00. The first kappa shape index (κ1) is 16.1. The van der Waals surface area contributed by atoms with Crippen LogP contribution in [0.1, 0.15) is 5.69 Å². The molecule has 0 unspecified atom stereocenters. The largest absolute Gasteiger partial charge is 0.550 e. The number of carbonyl (C=O) groups excluding carboxylic acids is 1. The third-order valence-electron chi connectivity index (χ3n) is 4.28. The summed E-state index contributed by atoms with van der Waals surface area (Å²) in [6, 6.07) is 15.4. The number of carboxylic acids is 1. The average Bonchev–Trinajstić information content (AvgIpc) is 3.17. The number of nitrogens with zero attached hydrogens (tertiary/aromatic N) is 2. The van der Waals surface area contributed by atoms with Gasteiger partial charge in [0, 0.05) is 35.9 Å². The number of para-hydroxylation sites is 1. The molecule has 0 fully saturated rings. The Morgan fingerprint density at radius 1 is 1.19 bits per heavy atom. The van der Waals surface area contributed by atoms with E-state index < -0.39 is 5.97 Å². The number of carboxylic acid groups (broad SMARTS) is 1. The summed E-state index contributed by atoms with van der Waals surface area (Å²) in [7, 11) is 1.88. The molecule has 2 aromatic heterocycles. The molecule has 0 saturated heterocycles. The standard InChI is InChI=1S/C20H15FN2O3/c1-23-16-5-3-2-4-13(16)10-17(23)19-15(11-18(24)25)22-20(26-19)12-6-8-14(21)9-7-12/h2-10H,11H2,1H3,(H,24,25)/p-1. The van der Waals surface area contributed by atoms with Gasteiger partial charge in [-0.1, -0.05) is 18.2 Å². The van der Waals surface area contributed by atoms with Gasteiger partial charge in [0.05, 0.1) is 11.4 Å². The van der Waals surface area contributed by atoms with Crippen molar-refractivity contribution in [2.24, 2.45) is 7.05 Å². The Balaban J connectivity index is 1.89. The predicted molar refractivity (Wildman–Crippen MR) is 92.5 cm³/mol. The molecular weight excluding hydrogens is 335 g/mol. The van der Waals surface area contributed by atoms with Crippen molar-refractivity contribution in [1.82, 2.24) is 9.55 Å². The number of aromatic nitrogens is 2. The highest BCUT2D eigenvalue weighted by Gasteiger charge is 2.20. The van der Waals surface area contributed by atoms with Crippen LogP contribution in [-0.2, 0) is 18.3 Å². The van der Waals surface area contributed by atoms with E-state index in [1.807, 2.05) is 41.9 Å². The summed E-state index contributed by atoms with van der Waals surface area (Å²) in [5.41, 5.74) is 2.54. The predicted octanol–water partition coefficient (Wildman–Crippen LogP) is 2.93. The minimum absolute atomic E-state index is 0.238. The first-order valence-corrected chi connectivity index (χ1v) is 8.03. The van der Waals surface area contributed by atoms with Crippen LogP contribution in [0.4, 0.5) is 4.39 Å². The van der Waals surface area contributed by atoms with Gasteiger partial charge in [0.25, 0.3) is 0 Å². The molecule has 0 spiro atoms. The van der Waals surface area contributed by atoms with Crippen LogP contribution in [0.2, 0.25) is 0 Å². The summed E-state index contributed by atoms with van der Waals surface area (Å²) >= 11 is 0. The number of halogens is 1. The van der Waals surface area contributed by atoms with Crippen LogP contribution in [0.5, 0.6) is 0 Å². The molecule has 130 valence electrons. The van der Waals surface area contributed by atoms with Crippen LogP contribution in [0, 0.1) is 5.82 Å². The molecule has 6 heteroatoms. The zero-order chi connectivity index (χ0) is 18.3. The average molecular weight is 349 g/mol. The van der Waals surface area contributed by atoms with E-state index in [-0.39, 0.29) is 23.8 Å². The summed E-state index contributed by atoms with van der Waals surface area (Å²) in [4.78, 5) is 15.5. The fourth-order valence-electron chi connectivity index (χ4n) is 3.03. The first-order chi connectivity index (χ1) is 12.5. The van der Waals surface area contributed by atoms with Crippen LogP contribution in [-0.4, -0.2) is 15.5 Å². The number of oxazole rings is 1. The number of aryl methyl sites for hydroxylation is 1. The number of benzene rings is 2. The molecule has 0 amide bonds. The Morgan fingerprint density at radius 3 is 2.62 bits per heavy atom. The maximum atomic E-state index is 13.2. The van der Waals surface area contributed by atoms with E-state index in [2.05, 4.69) is 4.98 Å². The van der Waals surface area contributed by atoms with Gasteiger partial charge in [-0.15, -0.1) is 0 Å². The van der Waals surface area contributed by atoms with Crippen molar-refractivity contribution >= 4 is 16.9 Å². The fraction of sp³-hybridized carbons (Fsp3) is 0.100. The Hall–Kier alpha value is -3.41. The van der Waals surface area contributed by atoms with Gasteiger partial charge in [0.15, 0.2) is 5.76 Å². The lowest BCUT2D eigenvalue weighted by atomic mass is 10.2. The molecule has 4 rings (SSSR count). The number of aliphatic carboxylic acids is 1. The van der Waals surface area contributed by atoms with Crippen LogP contribution in [0.25, 0.3) is 33.8 Å². The highest BCUT2D eigenvalue weighted by Crippen LogP contribution is 2.33. The second-order valence-corrected chi connectivity index (χ2v) is 6.00. The first-order valence-electron chi connectivity index (χ1n) is 8.03. The molecule has 0 N–H and O–H groups in total. The molecule has 4 aromatic rings. The van der Waals surface area contributed by atoms with Crippen molar-refractivity contribution in [2.75, 3.05) is 0 Å². The normalized spacial score (nSPS) is 11.2.